The van der Waals surface area contributed by atoms with E-state index in [2.05, 4.69) is 15.6 Å². The van der Waals surface area contributed by atoms with E-state index in [1.165, 1.54) is 12.1 Å². The highest BCUT2D eigenvalue weighted by atomic mass is 19.1. The van der Waals surface area contributed by atoms with E-state index >= 15 is 0 Å². The third-order valence-corrected chi connectivity index (χ3v) is 5.29. The molecule has 0 bridgehead atoms. The van der Waals surface area contributed by atoms with Crippen LogP contribution in [0.25, 0.3) is 0 Å². The minimum absolute atomic E-state index is 0.0695. The molecular formula is C22H27FN4O2. The van der Waals surface area contributed by atoms with Crippen LogP contribution in [0.5, 0.6) is 0 Å². The summed E-state index contributed by atoms with van der Waals surface area (Å²) in [6.45, 7) is 5.51. The molecule has 6 nitrogen and oxygen atoms in total. The fourth-order valence-electron chi connectivity index (χ4n) is 3.63. The summed E-state index contributed by atoms with van der Waals surface area (Å²) in [7, 11) is 0. The van der Waals surface area contributed by atoms with Gasteiger partial charge in [0.1, 0.15) is 5.82 Å². The number of carbonyl (C=O) groups excluding carboxylic acids is 2. The number of halogens is 1. The molecule has 1 aromatic carbocycles. The Bertz CT molecular complexity index is 848. The third-order valence-electron chi connectivity index (χ3n) is 5.29. The smallest absolute Gasteiger partial charge is 0.317 e. The van der Waals surface area contributed by atoms with Gasteiger partial charge in [0.25, 0.3) is 0 Å². The van der Waals surface area contributed by atoms with E-state index in [-0.39, 0.29) is 23.7 Å². The molecule has 2 heterocycles. The number of rotatable bonds is 5. The van der Waals surface area contributed by atoms with Crippen molar-refractivity contribution in [1.29, 1.82) is 0 Å². The summed E-state index contributed by atoms with van der Waals surface area (Å²) in [6, 6.07) is 9.37. The fourth-order valence-corrected chi connectivity index (χ4v) is 3.63. The molecule has 1 aliphatic rings. The maximum Gasteiger partial charge on any atom is 0.317 e. The SMILES string of the molecule is CCNC(=O)N1CCC(C(=O)NC(c2ccc(F)cc2)c2ncccc2C)CC1. The predicted molar refractivity (Wildman–Crippen MR) is 109 cm³/mol. The van der Waals surface area contributed by atoms with E-state index in [4.69, 9.17) is 0 Å². The number of nitrogens with zero attached hydrogens (tertiary/aromatic N) is 2. The Balaban J connectivity index is 1.73. The average Bonchev–Trinajstić information content (AvgIpc) is 2.73. The van der Waals surface area contributed by atoms with Crippen LogP contribution in [0.2, 0.25) is 0 Å². The number of aromatic nitrogens is 1. The molecule has 0 spiro atoms. The topological polar surface area (TPSA) is 74.3 Å². The van der Waals surface area contributed by atoms with Gasteiger partial charge in [0.2, 0.25) is 5.91 Å². The third kappa shape index (κ3) is 5.10. The molecule has 1 unspecified atom stereocenters. The van der Waals surface area contributed by atoms with E-state index in [1.807, 2.05) is 26.0 Å². The molecule has 2 N–H and O–H groups in total. The molecule has 0 aliphatic carbocycles. The van der Waals surface area contributed by atoms with E-state index in [0.29, 0.717) is 32.5 Å². The van der Waals surface area contributed by atoms with Gasteiger partial charge in [-0.2, -0.15) is 0 Å². The Kier molecular flexibility index (Phi) is 6.80. The van der Waals surface area contributed by atoms with Gasteiger partial charge in [-0.25, -0.2) is 9.18 Å². The average molecular weight is 398 g/mol. The van der Waals surface area contributed by atoms with E-state index in [9.17, 15) is 14.0 Å². The number of hydrogen-bond donors (Lipinski definition) is 2. The molecule has 1 aliphatic heterocycles. The number of pyridine rings is 1. The number of piperidine rings is 1. The number of aryl methyl sites for hydroxylation is 1. The monoisotopic (exact) mass is 398 g/mol. The molecule has 0 saturated carbocycles. The number of carbonyl (C=O) groups is 2. The number of urea groups is 1. The zero-order valence-corrected chi connectivity index (χ0v) is 16.8. The van der Waals surface area contributed by atoms with Gasteiger partial charge in [0.05, 0.1) is 11.7 Å². The van der Waals surface area contributed by atoms with Crippen LogP contribution in [0.1, 0.15) is 42.6 Å². The lowest BCUT2D eigenvalue weighted by Gasteiger charge is -2.32. The molecule has 7 heteroatoms. The second-order valence-corrected chi connectivity index (χ2v) is 7.30. The van der Waals surface area contributed by atoms with Crippen LogP contribution in [0.3, 0.4) is 0 Å². The molecular weight excluding hydrogens is 371 g/mol. The van der Waals surface area contributed by atoms with Gasteiger partial charge in [-0.15, -0.1) is 0 Å². The molecule has 0 radical (unpaired) electrons. The molecule has 3 rings (SSSR count). The van der Waals surface area contributed by atoms with Crippen molar-refractivity contribution in [2.24, 2.45) is 5.92 Å². The maximum atomic E-state index is 13.4. The zero-order chi connectivity index (χ0) is 20.8. The first-order chi connectivity index (χ1) is 14.0. The zero-order valence-electron chi connectivity index (χ0n) is 16.8. The second kappa shape index (κ2) is 9.49. The van der Waals surface area contributed by atoms with Gasteiger partial charge in [-0.1, -0.05) is 18.2 Å². The van der Waals surface area contributed by atoms with Crippen LogP contribution in [0, 0.1) is 18.7 Å². The van der Waals surface area contributed by atoms with Crippen molar-refractivity contribution in [2.75, 3.05) is 19.6 Å². The van der Waals surface area contributed by atoms with E-state index in [1.54, 1.807) is 23.2 Å². The highest BCUT2D eigenvalue weighted by Gasteiger charge is 2.29. The van der Waals surface area contributed by atoms with Crippen molar-refractivity contribution in [1.82, 2.24) is 20.5 Å². The van der Waals surface area contributed by atoms with Crippen LogP contribution in [-0.2, 0) is 4.79 Å². The lowest BCUT2D eigenvalue weighted by Crippen LogP contribution is -2.47. The molecule has 2 aromatic rings. The van der Waals surface area contributed by atoms with Crippen molar-refractivity contribution < 1.29 is 14.0 Å². The summed E-state index contributed by atoms with van der Waals surface area (Å²) in [5, 5.41) is 5.90. The Morgan fingerprint density at radius 1 is 1.21 bits per heavy atom. The lowest BCUT2D eigenvalue weighted by atomic mass is 9.94. The van der Waals surface area contributed by atoms with Gasteiger partial charge in [0, 0.05) is 31.7 Å². The standard InChI is InChI=1S/C22H27FN4O2/c1-3-24-22(29)27-13-10-17(11-14-27)21(28)26-20(16-6-8-18(23)9-7-16)19-15(2)5-4-12-25-19/h4-9,12,17,20H,3,10-11,13-14H2,1-2H3,(H,24,29)(H,26,28). The van der Waals surface area contributed by atoms with Gasteiger partial charge >= 0.3 is 6.03 Å². The highest BCUT2D eigenvalue weighted by molar-refractivity contribution is 5.80. The first-order valence-corrected chi connectivity index (χ1v) is 9.99. The Hall–Kier alpha value is -2.96. The largest absolute Gasteiger partial charge is 0.343 e. The maximum absolute atomic E-state index is 13.4. The first kappa shape index (κ1) is 20.8. The van der Waals surface area contributed by atoms with E-state index < -0.39 is 6.04 Å². The van der Waals surface area contributed by atoms with Crippen molar-refractivity contribution in [3.8, 4) is 0 Å². The van der Waals surface area contributed by atoms with E-state index in [0.717, 1.165) is 16.8 Å². The summed E-state index contributed by atoms with van der Waals surface area (Å²) in [5.41, 5.74) is 2.47. The van der Waals surface area contributed by atoms with Gasteiger partial charge in [0.15, 0.2) is 0 Å². The number of nitrogens with one attached hydrogen (secondary N) is 2. The highest BCUT2D eigenvalue weighted by Crippen LogP contribution is 2.25. The second-order valence-electron chi connectivity index (χ2n) is 7.30. The molecule has 1 atom stereocenters. The first-order valence-electron chi connectivity index (χ1n) is 9.99. The number of benzene rings is 1. The summed E-state index contributed by atoms with van der Waals surface area (Å²) in [5.74, 6) is -0.568. The lowest BCUT2D eigenvalue weighted by molar-refractivity contribution is -0.126. The van der Waals surface area contributed by atoms with Crippen LogP contribution in [-0.4, -0.2) is 41.5 Å². The summed E-state index contributed by atoms with van der Waals surface area (Å²) < 4.78 is 13.4. The fraction of sp³-hybridized carbons (Fsp3) is 0.409. The minimum atomic E-state index is -0.453. The summed E-state index contributed by atoms with van der Waals surface area (Å²) in [6.07, 6.45) is 2.91. The van der Waals surface area contributed by atoms with Crippen LogP contribution in [0.4, 0.5) is 9.18 Å². The molecule has 1 fully saturated rings. The van der Waals surface area contributed by atoms with Gasteiger partial charge < -0.3 is 15.5 Å². The van der Waals surface area contributed by atoms with Crippen LogP contribution in [0.15, 0.2) is 42.6 Å². The molecule has 3 amide bonds. The summed E-state index contributed by atoms with van der Waals surface area (Å²) in [4.78, 5) is 31.2. The van der Waals surface area contributed by atoms with Crippen molar-refractivity contribution in [2.45, 2.75) is 32.7 Å². The van der Waals surface area contributed by atoms with Crippen molar-refractivity contribution >= 4 is 11.9 Å². The molecule has 154 valence electrons. The number of likely N-dealkylation sites (tertiary alicyclic amines) is 1. The molecule has 1 saturated heterocycles. The van der Waals surface area contributed by atoms with Crippen LogP contribution < -0.4 is 10.6 Å². The molecule has 29 heavy (non-hydrogen) atoms. The van der Waals surface area contributed by atoms with Gasteiger partial charge in [-0.05, 0) is 56.0 Å². The summed E-state index contributed by atoms with van der Waals surface area (Å²) >= 11 is 0. The normalized spacial score (nSPS) is 15.6. The van der Waals surface area contributed by atoms with Gasteiger partial charge in [-0.3, -0.25) is 9.78 Å². The van der Waals surface area contributed by atoms with Crippen molar-refractivity contribution in [3.05, 3.63) is 65.2 Å². The molecule has 1 aromatic heterocycles. The van der Waals surface area contributed by atoms with Crippen LogP contribution >= 0.6 is 0 Å². The predicted octanol–water partition coefficient (Wildman–Crippen LogP) is 3.18. The quantitative estimate of drug-likeness (QED) is 0.812. The minimum Gasteiger partial charge on any atom is -0.343 e. The Morgan fingerprint density at radius 3 is 2.52 bits per heavy atom. The van der Waals surface area contributed by atoms with Crippen molar-refractivity contribution in [3.63, 3.8) is 0 Å². The number of amides is 3. The Morgan fingerprint density at radius 2 is 1.90 bits per heavy atom. The number of hydrogen-bond acceptors (Lipinski definition) is 3. The Labute approximate surface area is 170 Å².